The van der Waals surface area contributed by atoms with Gasteiger partial charge in [-0.15, -0.1) is 0 Å². The van der Waals surface area contributed by atoms with E-state index in [1.54, 1.807) is 0 Å². The Morgan fingerprint density at radius 1 is 0.468 bits per heavy atom. The van der Waals surface area contributed by atoms with Gasteiger partial charge in [-0.05, 0) is 51.4 Å². The molecule has 0 bridgehead atoms. The standard InChI is InChI=1S/C18H34O2.C16H32O2.FO3Si.Mg.3Na/c1-2-3-4-5-6-7-8-9-10-11-12-13-14-15-16-17-18(19)20;1-2-3-4-5-6-7-8-9-10-11-12-13-14-15-16(17)18;1-5(2,3)4;;;;/h9-10H,2-8,11-17H2,1H3,(H,19,20);2-15H2,1H3,(H,17,18);;;;;/q;;-3;+2;3*+1/p-2/b10-9-;;;;;;. The zero-order chi connectivity index (χ0) is 32.9. The van der Waals surface area contributed by atoms with Gasteiger partial charge in [0.25, 0.3) is 0 Å². The first-order valence-corrected chi connectivity index (χ1v) is 19.0. The average Bonchev–Trinajstić information content (AvgIpc) is 2.92. The molecule has 0 amide bonds. The smallest absolute Gasteiger partial charge is 0.857 e. The molecule has 0 saturated carbocycles. The Morgan fingerprint density at radius 2 is 0.660 bits per heavy atom. The molecule has 0 N–H and O–H groups in total. The van der Waals surface area contributed by atoms with Crippen molar-refractivity contribution in [2.24, 2.45) is 0 Å². The average molecular weight is 725 g/mol. The van der Waals surface area contributed by atoms with Crippen LogP contribution in [0.1, 0.15) is 194 Å². The molecule has 0 aromatic heterocycles. The van der Waals surface area contributed by atoms with E-state index in [9.17, 15) is 23.9 Å². The summed E-state index contributed by atoms with van der Waals surface area (Å²) in [5.74, 6) is -1.82. The molecule has 0 rings (SSSR count). The number of allylic oxidation sites excluding steroid dienone is 2. The van der Waals surface area contributed by atoms with E-state index in [1.807, 2.05) is 0 Å². The fourth-order valence-corrected chi connectivity index (χ4v) is 4.63. The zero-order valence-electron chi connectivity index (χ0n) is 31.4. The van der Waals surface area contributed by atoms with Gasteiger partial charge in [0.15, 0.2) is 0 Å². The van der Waals surface area contributed by atoms with Crippen molar-refractivity contribution < 1.29 is 127 Å². The summed E-state index contributed by atoms with van der Waals surface area (Å²) in [7, 11) is -5.86. The van der Waals surface area contributed by atoms with Crippen LogP contribution >= 0.6 is 0 Å². The first-order valence-electron chi connectivity index (χ1n) is 17.4. The number of carbonyl (C=O) groups is 2. The number of carbonyl (C=O) groups excluding carboxylic acids is 2. The molecule has 0 atom stereocenters. The molecule has 0 aromatic carbocycles. The molecule has 13 heteroatoms. The van der Waals surface area contributed by atoms with Crippen molar-refractivity contribution in [3.8, 4) is 0 Å². The Morgan fingerprint density at radius 3 is 0.872 bits per heavy atom. The molecule has 0 heterocycles. The summed E-state index contributed by atoms with van der Waals surface area (Å²) in [6.45, 7) is 4.51. The van der Waals surface area contributed by atoms with Gasteiger partial charge in [-0.25, -0.2) is 0 Å². The van der Waals surface area contributed by atoms with Crippen LogP contribution in [0, 0.1) is 0 Å². The maximum atomic E-state index is 10.2. The van der Waals surface area contributed by atoms with Gasteiger partial charge in [0, 0.05) is 11.9 Å². The van der Waals surface area contributed by atoms with E-state index in [-0.39, 0.29) is 125 Å². The molecule has 0 saturated heterocycles. The summed E-state index contributed by atoms with van der Waals surface area (Å²) < 4.78 is 10.2. The van der Waals surface area contributed by atoms with Crippen LogP contribution in [0.4, 0.5) is 4.11 Å². The number of halogens is 1. The van der Waals surface area contributed by atoms with Gasteiger partial charge in [-0.1, -0.05) is 164 Å². The number of hydrogen-bond donors (Lipinski definition) is 0. The summed E-state index contributed by atoms with van der Waals surface area (Å²) in [6, 6.07) is 0. The Balaban J connectivity index is -0.000000111. The molecular formula is C34H64FMgNa3O7Si. The van der Waals surface area contributed by atoms with Gasteiger partial charge in [-0.3, -0.25) is 0 Å². The van der Waals surface area contributed by atoms with Gasteiger partial charge in [0.1, 0.15) is 0 Å². The quantitative estimate of drug-likeness (QED) is 0.0332. The largest absolute Gasteiger partial charge is 2.00 e. The number of unbranched alkanes of at least 4 members (excludes halogenated alkanes) is 23. The summed E-state index contributed by atoms with van der Waals surface area (Å²) in [5.41, 5.74) is 0. The minimum atomic E-state index is -5.86. The summed E-state index contributed by atoms with van der Waals surface area (Å²) in [6.07, 6.45) is 37.8. The second kappa shape index (κ2) is 55.2. The van der Waals surface area contributed by atoms with Crippen LogP contribution in [0.2, 0.25) is 0 Å². The van der Waals surface area contributed by atoms with Crippen LogP contribution < -0.4 is 113 Å². The molecule has 0 fully saturated rings. The van der Waals surface area contributed by atoms with Crippen LogP contribution in [0.15, 0.2) is 12.2 Å². The SMILES string of the molecule is CCCCCCCC/C=C\CCCCCCCC(=O)[O-].CCCCCCCCCCCCCCCC(=O)[O-].[Mg+2].[Na+].[Na+].[Na+].[O-][Si]([O-])([O-])F. The van der Waals surface area contributed by atoms with Crippen LogP contribution in [0.3, 0.4) is 0 Å². The number of hydrogen-bond acceptors (Lipinski definition) is 7. The monoisotopic (exact) mass is 724 g/mol. The van der Waals surface area contributed by atoms with Gasteiger partial charge in [0.05, 0.1) is 0 Å². The Labute approximate surface area is 372 Å². The summed E-state index contributed by atoms with van der Waals surface area (Å²) >= 11 is 0. The van der Waals surface area contributed by atoms with E-state index >= 15 is 0 Å². The van der Waals surface area contributed by atoms with Crippen molar-refractivity contribution in [2.45, 2.75) is 194 Å². The first kappa shape index (κ1) is 64.4. The van der Waals surface area contributed by atoms with E-state index in [0.717, 1.165) is 32.1 Å². The maximum Gasteiger partial charge on any atom is 2.00 e. The molecule has 0 aliphatic carbocycles. The van der Waals surface area contributed by atoms with E-state index < -0.39 is 21.1 Å². The molecule has 7 nitrogen and oxygen atoms in total. The zero-order valence-corrected chi connectivity index (χ0v) is 39.8. The van der Waals surface area contributed by atoms with Crippen molar-refractivity contribution in [1.82, 2.24) is 0 Å². The Hall–Kier alpha value is 2.47. The second-order valence-electron chi connectivity index (χ2n) is 11.6. The maximum absolute atomic E-state index is 10.2. The summed E-state index contributed by atoms with van der Waals surface area (Å²) in [5, 5.41) is 20.4. The van der Waals surface area contributed by atoms with Crippen molar-refractivity contribution in [3.63, 3.8) is 0 Å². The van der Waals surface area contributed by atoms with Crippen molar-refractivity contribution >= 4 is 44.1 Å². The van der Waals surface area contributed by atoms with Crippen LogP contribution in [-0.2, 0) is 9.59 Å². The molecule has 0 unspecified atom stereocenters. The molecule has 0 radical (unpaired) electrons. The number of carboxylic acids is 2. The number of aliphatic carboxylic acids is 2. The minimum absolute atomic E-state index is 0. The van der Waals surface area contributed by atoms with E-state index in [0.29, 0.717) is 0 Å². The number of carboxylic acid groups (broad SMARTS) is 2. The molecule has 0 spiro atoms. The van der Waals surface area contributed by atoms with Gasteiger partial charge in [0.2, 0.25) is 0 Å². The molecule has 0 aliphatic heterocycles. The van der Waals surface area contributed by atoms with E-state index in [2.05, 4.69) is 26.0 Å². The third kappa shape index (κ3) is 88.1. The number of rotatable bonds is 29. The first-order chi connectivity index (χ1) is 20.5. The predicted octanol–water partition coefficient (Wildman–Crippen LogP) is -3.91. The van der Waals surface area contributed by atoms with Crippen LogP contribution in [0.25, 0.3) is 0 Å². The third-order valence-corrected chi connectivity index (χ3v) is 7.13. The van der Waals surface area contributed by atoms with Gasteiger partial charge < -0.3 is 38.3 Å². The van der Waals surface area contributed by atoms with Crippen molar-refractivity contribution in [1.29, 1.82) is 0 Å². The fourth-order valence-electron chi connectivity index (χ4n) is 4.63. The molecule has 0 aliphatic rings. The topological polar surface area (TPSA) is 149 Å². The van der Waals surface area contributed by atoms with Crippen LogP contribution in [0.5, 0.6) is 0 Å². The van der Waals surface area contributed by atoms with E-state index in [4.69, 9.17) is 14.4 Å². The Kier molecular flexibility index (Phi) is 75.7. The normalized spacial score (nSPS) is 10.2. The van der Waals surface area contributed by atoms with Crippen molar-refractivity contribution in [2.75, 3.05) is 0 Å². The predicted molar refractivity (Wildman–Crippen MR) is 172 cm³/mol. The van der Waals surface area contributed by atoms with Gasteiger partial charge >= 0.3 is 112 Å². The van der Waals surface area contributed by atoms with Crippen molar-refractivity contribution in [3.05, 3.63) is 12.2 Å². The molecule has 47 heavy (non-hydrogen) atoms. The fraction of sp³-hybridized carbons (Fsp3) is 0.882. The van der Waals surface area contributed by atoms with Gasteiger partial charge in [-0.2, -0.15) is 0 Å². The minimum Gasteiger partial charge on any atom is -0.857 e. The van der Waals surface area contributed by atoms with E-state index in [1.165, 1.54) is 135 Å². The summed E-state index contributed by atoms with van der Waals surface area (Å²) in [4.78, 5) is 45.8. The molecule has 258 valence electrons. The molecular weight excluding hydrogens is 661 g/mol. The molecule has 0 aromatic rings. The third-order valence-electron chi connectivity index (χ3n) is 7.13. The Bertz CT molecular complexity index is 615. The van der Waals surface area contributed by atoms with Crippen LogP contribution in [-0.4, -0.2) is 44.1 Å². The second-order valence-corrected chi connectivity index (χ2v) is 12.5.